The number of allylic oxidation sites excluding steroid dienone is 6. The summed E-state index contributed by atoms with van der Waals surface area (Å²) in [6.45, 7) is 0. The van der Waals surface area contributed by atoms with Gasteiger partial charge in [-0.2, -0.15) is 0 Å². The second-order valence-corrected chi connectivity index (χ2v) is 29.3. The Morgan fingerprint density at radius 1 is 0.333 bits per heavy atom. The van der Waals surface area contributed by atoms with E-state index in [2.05, 4.69) is 91.1 Å². The molecule has 6 aliphatic rings. The van der Waals surface area contributed by atoms with Crippen molar-refractivity contribution in [2.24, 2.45) is 0 Å². The molecule has 0 saturated carbocycles. The average Bonchev–Trinajstić information content (AvgIpc) is 3.90. The van der Waals surface area contributed by atoms with Crippen molar-refractivity contribution >= 4 is 77.7 Å². The summed E-state index contributed by atoms with van der Waals surface area (Å²) in [7, 11) is 0. The minimum absolute atomic E-state index is 0.136. The third kappa shape index (κ3) is 9.61. The van der Waals surface area contributed by atoms with Crippen LogP contribution in [0, 0.1) is 0 Å². The van der Waals surface area contributed by atoms with Crippen LogP contribution in [0.15, 0.2) is 91.1 Å². The van der Waals surface area contributed by atoms with Gasteiger partial charge in [-0.15, -0.1) is 0 Å². The van der Waals surface area contributed by atoms with E-state index in [0.29, 0.717) is 0 Å². The Morgan fingerprint density at radius 2 is 0.533 bits per heavy atom. The van der Waals surface area contributed by atoms with Crippen LogP contribution in [0.1, 0.15) is 77.0 Å². The van der Waals surface area contributed by atoms with Crippen LogP contribution < -0.4 is 9.81 Å². The fourth-order valence-electron chi connectivity index (χ4n) is 6.23. The van der Waals surface area contributed by atoms with E-state index >= 15 is 0 Å². The van der Waals surface area contributed by atoms with Crippen LogP contribution in [0.3, 0.4) is 0 Å². The van der Waals surface area contributed by atoms with Gasteiger partial charge in [-0.3, -0.25) is 0 Å². The van der Waals surface area contributed by atoms with Crippen LogP contribution >= 0.6 is 0 Å². The van der Waals surface area contributed by atoms with Crippen molar-refractivity contribution in [3.8, 4) is 0 Å². The van der Waals surface area contributed by atoms with E-state index in [4.69, 9.17) is 16.9 Å². The zero-order chi connectivity index (χ0) is 30.3. The Labute approximate surface area is 296 Å². The van der Waals surface area contributed by atoms with E-state index in [1.807, 2.05) is 0 Å². The zero-order valence-corrected chi connectivity index (χ0v) is 36.3. The number of hydrogen-bond acceptors (Lipinski definition) is 6. The molecular formula is C36H45Bi3O6. The first-order valence-electron chi connectivity index (χ1n) is 16.8. The fraction of sp³-hybridized carbons (Fsp3) is 0.500. The van der Waals surface area contributed by atoms with E-state index < -0.39 is 67.9 Å². The van der Waals surface area contributed by atoms with Gasteiger partial charge in [0.15, 0.2) is 0 Å². The predicted octanol–water partition coefficient (Wildman–Crippen LogP) is 5.18. The van der Waals surface area contributed by atoms with Crippen LogP contribution in [0.25, 0.3) is 0 Å². The fourth-order valence-corrected chi connectivity index (χ4v) is 30.3. The SMILES string of the molecule is C1=CC([O][Bi]([O]C2C=CCC2)[c]2c[c]([Bi]([O]C3C=CCC3)[O]C3C=CCC3)c[c]([Bi]([O]C3C=CCC3)[O]C3C=CCC3)c2)CC1. The van der Waals surface area contributed by atoms with E-state index in [0.717, 1.165) is 77.0 Å². The monoisotopic (exact) mass is 1200 g/mol. The molecule has 6 nitrogen and oxygen atoms in total. The summed E-state index contributed by atoms with van der Waals surface area (Å²) in [5.74, 6) is 0. The standard InChI is InChI=1S/C6H3.6C5H7O.3Bi/c1-2-4-6-5-3-1;6*6-5-3-1-2-4-5;;;/h1,4-5H;6*1,3,5H,2,4H2;;;/q;6*-1;3*+2. The molecule has 45 heavy (non-hydrogen) atoms. The summed E-state index contributed by atoms with van der Waals surface area (Å²) in [5, 5.41) is 0. The van der Waals surface area contributed by atoms with Gasteiger partial charge in [-0.25, -0.2) is 0 Å². The van der Waals surface area contributed by atoms with Gasteiger partial charge < -0.3 is 0 Å². The van der Waals surface area contributed by atoms with Crippen molar-refractivity contribution in [1.29, 1.82) is 0 Å². The average molecular weight is 1200 g/mol. The summed E-state index contributed by atoms with van der Waals surface area (Å²) in [5.41, 5.74) is 0. The Balaban J connectivity index is 1.27. The second-order valence-electron chi connectivity index (χ2n) is 12.4. The van der Waals surface area contributed by atoms with Crippen molar-refractivity contribution in [2.45, 2.75) is 114 Å². The van der Waals surface area contributed by atoms with Gasteiger partial charge in [0, 0.05) is 0 Å². The molecule has 0 heterocycles. The van der Waals surface area contributed by atoms with E-state index in [-0.39, 0.29) is 36.6 Å². The van der Waals surface area contributed by atoms with Crippen molar-refractivity contribution in [3.63, 3.8) is 0 Å². The number of benzene rings is 1. The first-order chi connectivity index (χ1) is 22.2. The van der Waals surface area contributed by atoms with Crippen molar-refractivity contribution in [2.75, 3.05) is 0 Å². The van der Waals surface area contributed by atoms with Crippen LogP contribution in [0.2, 0.25) is 0 Å². The Morgan fingerprint density at radius 3 is 0.689 bits per heavy atom. The van der Waals surface area contributed by atoms with Crippen LogP contribution in [0.5, 0.6) is 0 Å². The predicted molar refractivity (Wildman–Crippen MR) is 182 cm³/mol. The van der Waals surface area contributed by atoms with Gasteiger partial charge in [-0.05, 0) is 0 Å². The molecule has 0 amide bonds. The molecule has 1 aromatic rings. The molecule has 6 aliphatic carbocycles. The van der Waals surface area contributed by atoms with Gasteiger partial charge >= 0.3 is 299 Å². The maximum atomic E-state index is 6.96. The summed E-state index contributed by atoms with van der Waals surface area (Å²) in [4.78, 5) is 0. The number of hydrogen-bond donors (Lipinski definition) is 0. The van der Waals surface area contributed by atoms with E-state index in [1.54, 1.807) is 0 Å². The van der Waals surface area contributed by atoms with Gasteiger partial charge in [0.25, 0.3) is 0 Å². The Kier molecular flexibility index (Phi) is 12.8. The first kappa shape index (κ1) is 33.6. The molecule has 0 radical (unpaired) electrons. The molecular weight excluding hydrogens is 1160 g/mol. The third-order valence-corrected chi connectivity index (χ3v) is 27.4. The summed E-state index contributed by atoms with van der Waals surface area (Å²) in [6, 6.07) is 7.13. The molecule has 0 fully saturated rings. The molecule has 6 unspecified atom stereocenters. The maximum absolute atomic E-state index is 6.96. The van der Waals surface area contributed by atoms with Crippen LogP contribution in [-0.4, -0.2) is 105 Å². The molecule has 0 aliphatic heterocycles. The van der Waals surface area contributed by atoms with Crippen molar-refractivity contribution in [3.05, 3.63) is 91.1 Å². The quantitative estimate of drug-likeness (QED) is 0.179. The van der Waals surface area contributed by atoms with Gasteiger partial charge in [0.2, 0.25) is 0 Å². The van der Waals surface area contributed by atoms with E-state index in [9.17, 15) is 0 Å². The zero-order valence-electron chi connectivity index (χ0n) is 25.9. The second kappa shape index (κ2) is 17.1. The molecule has 1 aromatic carbocycles. The Bertz CT molecular complexity index is 1080. The van der Waals surface area contributed by atoms with Crippen LogP contribution in [-0.2, 0) is 16.9 Å². The minimum atomic E-state index is -3.15. The van der Waals surface area contributed by atoms with Gasteiger partial charge in [-0.1, -0.05) is 0 Å². The van der Waals surface area contributed by atoms with Gasteiger partial charge in [0.1, 0.15) is 0 Å². The summed E-state index contributed by atoms with van der Waals surface area (Å²) in [6.07, 6.45) is 40.4. The molecule has 0 aromatic heterocycles. The molecule has 0 saturated heterocycles. The molecule has 0 spiro atoms. The molecule has 7 rings (SSSR count). The summed E-state index contributed by atoms with van der Waals surface area (Å²) >= 11 is -9.45. The van der Waals surface area contributed by atoms with E-state index in [1.165, 1.54) is 9.81 Å². The van der Waals surface area contributed by atoms with Crippen molar-refractivity contribution in [1.82, 2.24) is 0 Å². The van der Waals surface area contributed by atoms with Crippen molar-refractivity contribution < 1.29 is 16.9 Å². The first-order valence-corrected chi connectivity index (χ1v) is 30.5. The number of rotatable bonds is 15. The third-order valence-electron chi connectivity index (χ3n) is 8.72. The molecule has 240 valence electrons. The Hall–Kier alpha value is 0.0694. The molecule has 9 heteroatoms. The molecule has 0 bridgehead atoms. The molecule has 6 atom stereocenters. The summed E-state index contributed by atoms with van der Waals surface area (Å²) < 4.78 is 45.5. The van der Waals surface area contributed by atoms with Gasteiger partial charge in [0.05, 0.1) is 0 Å². The topological polar surface area (TPSA) is 55.4 Å². The normalized spacial score (nSPS) is 30.2. The van der Waals surface area contributed by atoms with Crippen LogP contribution in [0.4, 0.5) is 0 Å². The molecule has 0 N–H and O–H groups in total.